The third kappa shape index (κ3) is 5.00. The third-order valence-electron chi connectivity index (χ3n) is 6.60. The first-order valence-corrected chi connectivity index (χ1v) is 11.9. The van der Waals surface area contributed by atoms with Crippen LogP contribution in [-0.4, -0.2) is 60.7 Å². The number of pyridine rings is 1. The van der Waals surface area contributed by atoms with E-state index >= 15 is 0 Å². The van der Waals surface area contributed by atoms with Crippen molar-refractivity contribution in [3.63, 3.8) is 0 Å². The number of piperazine rings is 1. The van der Waals surface area contributed by atoms with E-state index in [1.807, 2.05) is 18.2 Å². The zero-order valence-electron chi connectivity index (χ0n) is 20.6. The maximum absolute atomic E-state index is 13.1. The molecule has 0 spiro atoms. The van der Waals surface area contributed by atoms with Crippen LogP contribution in [-0.2, 0) is 32.0 Å². The minimum atomic E-state index is -0.511. The van der Waals surface area contributed by atoms with Crippen molar-refractivity contribution in [1.29, 1.82) is 0 Å². The van der Waals surface area contributed by atoms with Crippen LogP contribution in [0.3, 0.4) is 0 Å². The van der Waals surface area contributed by atoms with Crippen LogP contribution in [0.25, 0.3) is 11.2 Å². The summed E-state index contributed by atoms with van der Waals surface area (Å²) in [6.07, 6.45) is 3.10. The third-order valence-corrected chi connectivity index (χ3v) is 6.60. The Hall–Kier alpha value is -4.32. The number of aryl methyl sites for hydroxylation is 1. The van der Waals surface area contributed by atoms with Crippen LogP contribution in [0.5, 0.6) is 0 Å². The molecule has 5 rings (SSSR count). The molecule has 0 unspecified atom stereocenters. The molecule has 192 valence electrons. The lowest BCUT2D eigenvalue weighted by Crippen LogP contribution is -2.46. The normalized spacial score (nSPS) is 14.3. The summed E-state index contributed by atoms with van der Waals surface area (Å²) in [7, 11) is 2.91. The number of nitrogens with one attached hydrogen (secondary N) is 1. The molecule has 0 aliphatic carbocycles. The number of aromatic nitrogens is 5. The minimum absolute atomic E-state index is 0.149. The SMILES string of the molecule is Cn1c(=O)c2c(ncn2CC(=O)Nc2ccc(N3CCN(Cc4ccc(F)cc4)CC3)cn2)n(C)c1=O. The molecule has 1 aliphatic heterocycles. The molecule has 12 heteroatoms. The van der Waals surface area contributed by atoms with Crippen LogP contribution >= 0.6 is 0 Å². The van der Waals surface area contributed by atoms with E-state index in [2.05, 4.69) is 25.1 Å². The zero-order chi connectivity index (χ0) is 26.1. The van der Waals surface area contributed by atoms with Gasteiger partial charge in [0.25, 0.3) is 5.56 Å². The lowest BCUT2D eigenvalue weighted by atomic mass is 10.2. The van der Waals surface area contributed by atoms with Crippen LogP contribution < -0.4 is 21.5 Å². The monoisotopic (exact) mass is 506 g/mol. The van der Waals surface area contributed by atoms with Gasteiger partial charge in [-0.15, -0.1) is 0 Å². The number of fused-ring (bicyclic) bond motifs is 1. The first-order chi connectivity index (χ1) is 17.8. The molecule has 4 aromatic rings. The van der Waals surface area contributed by atoms with Gasteiger partial charge in [0.2, 0.25) is 5.91 Å². The van der Waals surface area contributed by atoms with Crippen molar-refractivity contribution < 1.29 is 9.18 Å². The number of rotatable bonds is 6. The molecule has 0 radical (unpaired) electrons. The van der Waals surface area contributed by atoms with Crippen molar-refractivity contribution in [2.45, 2.75) is 13.1 Å². The van der Waals surface area contributed by atoms with Crippen LogP contribution in [0.1, 0.15) is 5.56 Å². The quantitative estimate of drug-likeness (QED) is 0.414. The number of imidazole rings is 1. The highest BCUT2D eigenvalue weighted by molar-refractivity contribution is 5.90. The van der Waals surface area contributed by atoms with Gasteiger partial charge in [-0.25, -0.2) is 19.2 Å². The van der Waals surface area contributed by atoms with Crippen molar-refractivity contribution >= 4 is 28.6 Å². The second-order valence-electron chi connectivity index (χ2n) is 9.09. The van der Waals surface area contributed by atoms with Gasteiger partial charge in [-0.1, -0.05) is 12.1 Å². The number of hydrogen-bond donors (Lipinski definition) is 1. The van der Waals surface area contributed by atoms with Gasteiger partial charge < -0.3 is 14.8 Å². The largest absolute Gasteiger partial charge is 0.368 e. The number of hydrogen-bond acceptors (Lipinski definition) is 7. The first-order valence-electron chi connectivity index (χ1n) is 11.9. The summed E-state index contributed by atoms with van der Waals surface area (Å²) in [4.78, 5) is 50.4. The lowest BCUT2D eigenvalue weighted by molar-refractivity contribution is -0.116. The Morgan fingerprint density at radius 1 is 0.973 bits per heavy atom. The number of amides is 1. The van der Waals surface area contributed by atoms with Crippen molar-refractivity contribution in [3.05, 3.63) is 81.1 Å². The Kier molecular flexibility index (Phi) is 6.57. The Morgan fingerprint density at radius 2 is 1.70 bits per heavy atom. The molecular formula is C25H27FN8O3. The molecule has 1 aromatic carbocycles. The molecule has 11 nitrogen and oxygen atoms in total. The number of benzene rings is 1. The molecule has 0 saturated carbocycles. The summed E-state index contributed by atoms with van der Waals surface area (Å²) in [5.74, 6) is -0.201. The topological polar surface area (TPSA) is 110 Å². The van der Waals surface area contributed by atoms with E-state index in [0.29, 0.717) is 5.82 Å². The van der Waals surface area contributed by atoms with Crippen LogP contribution in [0.15, 0.2) is 58.5 Å². The molecule has 1 saturated heterocycles. The molecule has 1 N–H and O–H groups in total. The number of carbonyl (C=O) groups is 1. The minimum Gasteiger partial charge on any atom is -0.368 e. The average molecular weight is 507 g/mol. The fourth-order valence-corrected chi connectivity index (χ4v) is 4.51. The molecule has 3 aromatic heterocycles. The Labute approximate surface area is 211 Å². The summed E-state index contributed by atoms with van der Waals surface area (Å²) in [6.45, 7) is 4.05. The van der Waals surface area contributed by atoms with E-state index in [0.717, 1.165) is 48.5 Å². The summed E-state index contributed by atoms with van der Waals surface area (Å²) in [5, 5.41) is 2.74. The van der Waals surface area contributed by atoms with Gasteiger partial charge in [0.05, 0.1) is 18.2 Å². The zero-order valence-corrected chi connectivity index (χ0v) is 20.6. The predicted octanol–water partition coefficient (Wildman–Crippen LogP) is 0.929. The van der Waals surface area contributed by atoms with E-state index in [1.165, 1.54) is 41.7 Å². The van der Waals surface area contributed by atoms with Gasteiger partial charge in [-0.05, 0) is 29.8 Å². The van der Waals surface area contributed by atoms with Crippen molar-refractivity contribution in [2.75, 3.05) is 36.4 Å². The maximum Gasteiger partial charge on any atom is 0.332 e. The van der Waals surface area contributed by atoms with Crippen LogP contribution in [0.4, 0.5) is 15.9 Å². The second kappa shape index (κ2) is 9.97. The molecular weight excluding hydrogens is 479 g/mol. The summed E-state index contributed by atoms with van der Waals surface area (Å²) in [6, 6.07) is 10.3. The van der Waals surface area contributed by atoms with Gasteiger partial charge in [0.15, 0.2) is 11.2 Å². The highest BCUT2D eigenvalue weighted by Crippen LogP contribution is 2.18. The van der Waals surface area contributed by atoms with E-state index in [4.69, 9.17) is 0 Å². The number of halogens is 1. The number of carbonyl (C=O) groups excluding carboxylic acids is 1. The highest BCUT2D eigenvalue weighted by atomic mass is 19.1. The van der Waals surface area contributed by atoms with E-state index < -0.39 is 11.2 Å². The van der Waals surface area contributed by atoms with Crippen LogP contribution in [0, 0.1) is 5.82 Å². The maximum atomic E-state index is 13.1. The van der Waals surface area contributed by atoms with Crippen molar-refractivity contribution in [2.24, 2.45) is 14.1 Å². The van der Waals surface area contributed by atoms with Crippen LogP contribution in [0.2, 0.25) is 0 Å². The van der Waals surface area contributed by atoms with Crippen molar-refractivity contribution in [1.82, 2.24) is 28.6 Å². The summed E-state index contributed by atoms with van der Waals surface area (Å²) >= 11 is 0. The number of nitrogens with zero attached hydrogens (tertiary/aromatic N) is 7. The molecule has 0 atom stereocenters. The fraction of sp³-hybridized carbons (Fsp3) is 0.320. The van der Waals surface area contributed by atoms with Gasteiger partial charge in [0.1, 0.15) is 18.2 Å². The molecule has 37 heavy (non-hydrogen) atoms. The molecule has 4 heterocycles. The molecule has 1 fully saturated rings. The first kappa shape index (κ1) is 24.4. The standard InChI is InChI=1S/C25H27FN8O3/c1-30-23-22(24(36)31(2)25(30)37)34(16-28-23)15-21(35)29-20-8-7-19(13-27-20)33-11-9-32(10-12-33)14-17-3-5-18(26)6-4-17/h3-8,13,16H,9-12,14-15H2,1-2H3,(H,27,29,35). The van der Waals surface area contributed by atoms with Gasteiger partial charge in [0, 0.05) is 46.8 Å². The molecule has 1 amide bonds. The van der Waals surface area contributed by atoms with Gasteiger partial charge in [-0.2, -0.15) is 0 Å². The van der Waals surface area contributed by atoms with Gasteiger partial charge >= 0.3 is 5.69 Å². The number of anilines is 2. The smallest absolute Gasteiger partial charge is 0.332 e. The van der Waals surface area contributed by atoms with Gasteiger partial charge in [-0.3, -0.25) is 23.6 Å². The fourth-order valence-electron chi connectivity index (χ4n) is 4.51. The Bertz CT molecular complexity index is 1550. The van der Waals surface area contributed by atoms with E-state index in [1.54, 1.807) is 12.3 Å². The van der Waals surface area contributed by atoms with Crippen molar-refractivity contribution in [3.8, 4) is 0 Å². The second-order valence-corrected chi connectivity index (χ2v) is 9.09. The Balaban J connectivity index is 1.18. The average Bonchev–Trinajstić information content (AvgIpc) is 3.32. The molecule has 0 bridgehead atoms. The van der Waals surface area contributed by atoms with E-state index in [9.17, 15) is 18.8 Å². The van der Waals surface area contributed by atoms with E-state index in [-0.39, 0.29) is 29.4 Å². The summed E-state index contributed by atoms with van der Waals surface area (Å²) in [5.41, 5.74) is 1.46. The predicted molar refractivity (Wildman–Crippen MR) is 137 cm³/mol. The highest BCUT2D eigenvalue weighted by Gasteiger charge is 2.19. The lowest BCUT2D eigenvalue weighted by Gasteiger charge is -2.36. The Morgan fingerprint density at radius 3 is 2.38 bits per heavy atom. The summed E-state index contributed by atoms with van der Waals surface area (Å²) < 4.78 is 16.8. The molecule has 1 aliphatic rings.